The quantitative estimate of drug-likeness (QED) is 0.397. The van der Waals surface area contributed by atoms with Crippen LogP contribution in [0.2, 0.25) is 5.02 Å². The summed E-state index contributed by atoms with van der Waals surface area (Å²) < 4.78 is 10.7. The second kappa shape index (κ2) is 12.0. The highest BCUT2D eigenvalue weighted by Crippen LogP contribution is 2.32. The van der Waals surface area contributed by atoms with Gasteiger partial charge in [-0.2, -0.15) is 0 Å². The smallest absolute Gasteiger partial charge is 0.238 e. The monoisotopic (exact) mass is 523 g/mol. The van der Waals surface area contributed by atoms with Gasteiger partial charge in [0.15, 0.2) is 5.17 Å². The first kappa shape index (κ1) is 25.6. The van der Waals surface area contributed by atoms with E-state index in [1.54, 1.807) is 48.4 Å². The Kier molecular flexibility index (Phi) is 8.51. The van der Waals surface area contributed by atoms with Crippen LogP contribution in [0.15, 0.2) is 77.8 Å². The molecule has 0 spiro atoms. The number of ether oxygens (including phenoxy) is 2. The Hall–Kier alpha value is -3.49. The summed E-state index contributed by atoms with van der Waals surface area (Å²) in [5.74, 6) is 0.936. The van der Waals surface area contributed by atoms with E-state index >= 15 is 0 Å². The molecular weight excluding hydrogens is 498 g/mol. The van der Waals surface area contributed by atoms with E-state index in [2.05, 4.69) is 5.32 Å². The molecule has 1 heterocycles. The van der Waals surface area contributed by atoms with E-state index in [0.29, 0.717) is 40.5 Å². The molecule has 0 aliphatic carbocycles. The lowest BCUT2D eigenvalue weighted by molar-refractivity contribution is -0.129. The van der Waals surface area contributed by atoms with Crippen LogP contribution in [0, 0.1) is 0 Å². The van der Waals surface area contributed by atoms with Crippen molar-refractivity contribution in [2.45, 2.75) is 25.1 Å². The molecule has 1 aliphatic heterocycles. The fourth-order valence-corrected chi connectivity index (χ4v) is 4.90. The van der Waals surface area contributed by atoms with Crippen LogP contribution in [0.4, 0.5) is 11.4 Å². The van der Waals surface area contributed by atoms with Gasteiger partial charge in [-0.15, -0.1) is 0 Å². The zero-order chi connectivity index (χ0) is 25.5. The van der Waals surface area contributed by atoms with Gasteiger partial charge in [0.1, 0.15) is 16.7 Å². The zero-order valence-electron chi connectivity index (χ0n) is 19.9. The number of hydrogen-bond donors (Lipinski definition) is 1. The summed E-state index contributed by atoms with van der Waals surface area (Å²) in [6, 6.07) is 21.7. The second-order valence-electron chi connectivity index (χ2n) is 7.96. The molecule has 1 N–H and O–H groups in total. The third-order valence-corrected chi connectivity index (χ3v) is 6.80. The molecule has 1 atom stereocenters. The van der Waals surface area contributed by atoms with Crippen LogP contribution < -0.4 is 14.8 Å². The lowest BCUT2D eigenvalue weighted by atomic mass is 10.2. The minimum Gasteiger partial charge on any atom is -0.497 e. The molecule has 7 nitrogen and oxygen atoms in total. The van der Waals surface area contributed by atoms with Gasteiger partial charge < -0.3 is 14.8 Å². The molecule has 1 unspecified atom stereocenters. The molecule has 2 amide bonds. The molecule has 9 heteroatoms. The van der Waals surface area contributed by atoms with Crippen LogP contribution in [-0.4, -0.2) is 40.8 Å². The standard InChI is InChI=1S/C27H26ClN3O4S/c1-3-35-23-9-5-8-21(15-23)29-26(33)24-16-25(32)31(17-18-10-12-22(34-2)13-11-18)27(36-24)30-20-7-4-6-19(28)14-20/h4-15,24H,3,16-17H2,1-2H3,(H,29,33). The van der Waals surface area contributed by atoms with Crippen LogP contribution in [0.1, 0.15) is 18.9 Å². The molecule has 4 rings (SSSR count). The number of aliphatic imine (C=N–C) groups is 1. The fraction of sp³-hybridized carbons (Fsp3) is 0.222. The summed E-state index contributed by atoms with van der Waals surface area (Å²) in [4.78, 5) is 32.7. The molecule has 0 aromatic heterocycles. The number of thioether (sulfide) groups is 1. The maximum atomic E-state index is 13.3. The predicted molar refractivity (Wildman–Crippen MR) is 144 cm³/mol. The van der Waals surface area contributed by atoms with E-state index in [4.69, 9.17) is 26.1 Å². The molecule has 3 aromatic rings. The molecule has 1 fully saturated rings. The number of halogens is 1. The van der Waals surface area contributed by atoms with E-state index in [-0.39, 0.29) is 18.2 Å². The van der Waals surface area contributed by atoms with Gasteiger partial charge in [-0.25, -0.2) is 4.99 Å². The van der Waals surface area contributed by atoms with Crippen LogP contribution >= 0.6 is 23.4 Å². The summed E-state index contributed by atoms with van der Waals surface area (Å²) in [5.41, 5.74) is 2.12. The Balaban J connectivity index is 1.57. The Morgan fingerprint density at radius 3 is 2.61 bits per heavy atom. The van der Waals surface area contributed by atoms with Crippen LogP contribution in [0.5, 0.6) is 11.5 Å². The van der Waals surface area contributed by atoms with Crippen LogP contribution in [0.3, 0.4) is 0 Å². The molecule has 186 valence electrons. The lowest BCUT2D eigenvalue weighted by Crippen LogP contribution is -2.44. The van der Waals surface area contributed by atoms with Gasteiger partial charge in [-0.1, -0.05) is 47.6 Å². The normalized spacial score (nSPS) is 16.6. The number of anilines is 1. The predicted octanol–water partition coefficient (Wildman–Crippen LogP) is 5.91. The van der Waals surface area contributed by atoms with E-state index in [0.717, 1.165) is 11.3 Å². The van der Waals surface area contributed by atoms with E-state index in [9.17, 15) is 9.59 Å². The first-order chi connectivity index (χ1) is 17.4. The summed E-state index contributed by atoms with van der Waals surface area (Å²) in [6.07, 6.45) is 0.0480. The number of nitrogens with one attached hydrogen (secondary N) is 1. The van der Waals surface area contributed by atoms with Crippen molar-refractivity contribution in [2.24, 2.45) is 4.99 Å². The molecule has 0 saturated carbocycles. The number of nitrogens with zero attached hydrogens (tertiary/aromatic N) is 2. The fourth-order valence-electron chi connectivity index (χ4n) is 3.62. The topological polar surface area (TPSA) is 80.2 Å². The molecule has 36 heavy (non-hydrogen) atoms. The van der Waals surface area contributed by atoms with E-state index in [1.165, 1.54) is 11.8 Å². The molecular formula is C27H26ClN3O4S. The van der Waals surface area contributed by atoms with Gasteiger partial charge in [-0.3, -0.25) is 14.5 Å². The van der Waals surface area contributed by atoms with Crippen molar-refractivity contribution < 1.29 is 19.1 Å². The third-order valence-electron chi connectivity index (χ3n) is 5.38. The number of amides is 2. The summed E-state index contributed by atoms with van der Waals surface area (Å²) in [6.45, 7) is 2.74. The summed E-state index contributed by atoms with van der Waals surface area (Å²) >= 11 is 7.40. The SMILES string of the molecule is CCOc1cccc(NC(=O)C2CC(=O)N(Cc3ccc(OC)cc3)C(=Nc3cccc(Cl)c3)S2)c1. The Morgan fingerprint density at radius 2 is 1.89 bits per heavy atom. The van der Waals surface area contributed by atoms with Gasteiger partial charge in [-0.05, 0) is 55.0 Å². The molecule has 0 radical (unpaired) electrons. The van der Waals surface area contributed by atoms with Gasteiger partial charge >= 0.3 is 0 Å². The van der Waals surface area contributed by atoms with Gasteiger partial charge in [0.2, 0.25) is 11.8 Å². The first-order valence-electron chi connectivity index (χ1n) is 11.4. The minimum absolute atomic E-state index is 0.0480. The summed E-state index contributed by atoms with van der Waals surface area (Å²) in [5, 5.41) is 3.23. The lowest BCUT2D eigenvalue weighted by Gasteiger charge is -2.32. The van der Waals surface area contributed by atoms with Crippen molar-refractivity contribution in [3.8, 4) is 11.5 Å². The number of rotatable bonds is 8. The number of carbonyl (C=O) groups excluding carboxylic acids is 2. The van der Waals surface area contributed by atoms with Crippen molar-refractivity contribution in [1.29, 1.82) is 0 Å². The van der Waals surface area contributed by atoms with Gasteiger partial charge in [0, 0.05) is 23.2 Å². The number of amidine groups is 1. The maximum Gasteiger partial charge on any atom is 0.238 e. The molecule has 1 saturated heterocycles. The van der Waals surface area contributed by atoms with Crippen molar-refractivity contribution in [2.75, 3.05) is 19.0 Å². The van der Waals surface area contributed by atoms with E-state index < -0.39 is 5.25 Å². The van der Waals surface area contributed by atoms with Crippen LogP contribution in [0.25, 0.3) is 0 Å². The maximum absolute atomic E-state index is 13.3. The Morgan fingerprint density at radius 1 is 1.11 bits per heavy atom. The zero-order valence-corrected chi connectivity index (χ0v) is 21.5. The van der Waals surface area contributed by atoms with Gasteiger partial charge in [0.05, 0.1) is 25.9 Å². The van der Waals surface area contributed by atoms with E-state index in [1.807, 2.05) is 43.3 Å². The highest BCUT2D eigenvalue weighted by molar-refractivity contribution is 8.15. The Labute approximate surface area is 219 Å². The van der Waals surface area contributed by atoms with Crippen molar-refractivity contribution in [3.05, 3.63) is 83.4 Å². The number of benzene rings is 3. The van der Waals surface area contributed by atoms with Crippen LogP contribution in [-0.2, 0) is 16.1 Å². The molecule has 3 aromatic carbocycles. The highest BCUT2D eigenvalue weighted by Gasteiger charge is 2.36. The molecule has 0 bridgehead atoms. The average molecular weight is 524 g/mol. The second-order valence-corrected chi connectivity index (χ2v) is 9.57. The summed E-state index contributed by atoms with van der Waals surface area (Å²) in [7, 11) is 1.60. The first-order valence-corrected chi connectivity index (χ1v) is 12.7. The minimum atomic E-state index is -0.640. The number of carbonyl (C=O) groups is 2. The highest BCUT2D eigenvalue weighted by atomic mass is 35.5. The molecule has 1 aliphatic rings. The average Bonchev–Trinajstić information content (AvgIpc) is 2.87. The largest absolute Gasteiger partial charge is 0.497 e. The van der Waals surface area contributed by atoms with Crippen molar-refractivity contribution in [1.82, 2.24) is 4.90 Å². The number of methoxy groups -OCH3 is 1. The van der Waals surface area contributed by atoms with Crippen molar-refractivity contribution >= 4 is 51.7 Å². The third kappa shape index (κ3) is 6.59. The van der Waals surface area contributed by atoms with Crippen molar-refractivity contribution in [3.63, 3.8) is 0 Å². The number of hydrogen-bond acceptors (Lipinski definition) is 6. The Bertz CT molecular complexity index is 1270. The van der Waals surface area contributed by atoms with Gasteiger partial charge in [0.25, 0.3) is 0 Å².